The minimum atomic E-state index is -4.14. The van der Waals surface area contributed by atoms with E-state index in [1.807, 2.05) is 18.9 Å². The van der Waals surface area contributed by atoms with Crippen LogP contribution in [-0.4, -0.2) is 65.9 Å². The smallest absolute Gasteiger partial charge is 0.277 e. The van der Waals surface area contributed by atoms with Crippen LogP contribution in [-0.2, 0) is 23.5 Å². The summed E-state index contributed by atoms with van der Waals surface area (Å²) in [7, 11) is -0.734. The van der Waals surface area contributed by atoms with Crippen molar-refractivity contribution < 1.29 is 18.6 Å². The van der Waals surface area contributed by atoms with Crippen molar-refractivity contribution in [3.05, 3.63) is 34.2 Å². The number of aromatic amines is 1. The van der Waals surface area contributed by atoms with Gasteiger partial charge in [0.1, 0.15) is 17.1 Å². The van der Waals surface area contributed by atoms with Crippen LogP contribution in [0.25, 0.3) is 22.4 Å². The molecule has 1 fully saturated rings. The number of likely N-dealkylation sites (tertiary alicyclic amines) is 1. The highest BCUT2D eigenvalue weighted by molar-refractivity contribution is 7.89. The molecular weight excluding hydrogens is 480 g/mol. The van der Waals surface area contributed by atoms with Crippen LogP contribution in [0.2, 0.25) is 0 Å². The van der Waals surface area contributed by atoms with E-state index in [1.54, 1.807) is 7.05 Å². The van der Waals surface area contributed by atoms with E-state index in [4.69, 9.17) is 10.2 Å². The Kier molecular flexibility index (Phi) is 6.58. The van der Waals surface area contributed by atoms with Crippen LogP contribution in [0.4, 0.5) is 0 Å². The molecule has 0 aliphatic carbocycles. The minimum absolute atomic E-state index is 0.0504. The first-order chi connectivity index (χ1) is 18.6. The van der Waals surface area contributed by atoms with E-state index in [9.17, 15) is 13.2 Å². The Morgan fingerprint density at radius 1 is 1.31 bits per heavy atom. The number of hydrogen-bond donors (Lipinski definition) is 2. The number of sulfonamides is 1. The second kappa shape index (κ2) is 11.1. The molecule has 11 heteroatoms. The van der Waals surface area contributed by atoms with E-state index in [-0.39, 0.29) is 39.8 Å². The molecular formula is C25H36N6O4S. The largest absolute Gasteiger partial charge is 0.493 e. The number of H-pyrrole nitrogens is 1. The molecule has 2 aromatic heterocycles. The summed E-state index contributed by atoms with van der Waals surface area (Å²) in [6.45, 7) is 4.04. The van der Waals surface area contributed by atoms with Crippen molar-refractivity contribution in [2.45, 2.75) is 63.2 Å². The van der Waals surface area contributed by atoms with E-state index in [2.05, 4.69) is 19.8 Å². The molecule has 196 valence electrons. The normalized spacial score (nSPS) is 19.2. The maximum Gasteiger partial charge on any atom is 0.277 e. The van der Waals surface area contributed by atoms with Crippen molar-refractivity contribution in [3.8, 4) is 17.1 Å². The lowest BCUT2D eigenvalue weighted by Crippen LogP contribution is -2.31. The Morgan fingerprint density at radius 2 is 2.11 bits per heavy atom. The van der Waals surface area contributed by atoms with E-state index in [0.717, 1.165) is 13.0 Å². The number of fused-ring (bicyclic) bond motifs is 1. The first kappa shape index (κ1) is 21.3. The number of nitrogens with one attached hydrogen (secondary N) is 2. The molecule has 1 aliphatic heterocycles. The molecule has 1 saturated heterocycles. The topological polar surface area (TPSA) is 122 Å². The van der Waals surface area contributed by atoms with E-state index >= 15 is 0 Å². The highest BCUT2D eigenvalue weighted by atomic mass is 32.2. The quantitative estimate of drug-likeness (QED) is 0.399. The van der Waals surface area contributed by atoms with Crippen LogP contribution in [0, 0.1) is 0 Å². The molecule has 4 rings (SSSR count). The molecule has 1 aromatic carbocycles. The fraction of sp³-hybridized carbons (Fsp3) is 0.560. The number of benzene rings is 1. The maximum atomic E-state index is 13.3. The summed E-state index contributed by atoms with van der Waals surface area (Å²) in [6, 6.07) is 3.80. The van der Waals surface area contributed by atoms with Crippen LogP contribution in [0.5, 0.6) is 5.75 Å². The lowest BCUT2D eigenvalue weighted by molar-refractivity contribution is 0.297. The van der Waals surface area contributed by atoms with Crippen LogP contribution in [0.15, 0.2) is 27.9 Å². The standard InChI is InChI=1S/C25H36N6O4S/c1-5-8-20-22-23(31(4)29-20)25(32)28-24(27-22)19-16-18(10-11-21(19)35-15-6-2)36(33,34)26-13-12-17-9-7-14-30(17)3/h10-11,16-17,26H,5-9,12-15H2,1-4H3,(H,27,28,32)/i5D2,12D2. The Balaban J connectivity index is 1.75. The number of nitrogens with zero attached hydrogens (tertiary/aromatic N) is 4. The summed E-state index contributed by atoms with van der Waals surface area (Å²) >= 11 is 0. The van der Waals surface area contributed by atoms with Gasteiger partial charge >= 0.3 is 0 Å². The van der Waals surface area contributed by atoms with Crippen molar-refractivity contribution in [2.75, 3.05) is 26.7 Å². The number of rotatable bonds is 11. The summed E-state index contributed by atoms with van der Waals surface area (Å²) in [4.78, 5) is 22.1. The average molecular weight is 521 g/mol. The van der Waals surface area contributed by atoms with E-state index in [1.165, 1.54) is 29.8 Å². The van der Waals surface area contributed by atoms with Gasteiger partial charge in [-0.15, -0.1) is 0 Å². The Labute approximate surface area is 217 Å². The van der Waals surface area contributed by atoms with Gasteiger partial charge in [-0.3, -0.25) is 9.48 Å². The molecule has 0 radical (unpaired) electrons. The number of aryl methyl sites for hydroxylation is 2. The zero-order valence-corrected chi connectivity index (χ0v) is 21.9. The molecule has 0 saturated carbocycles. The van der Waals surface area contributed by atoms with Gasteiger partial charge in [-0.25, -0.2) is 18.1 Å². The summed E-state index contributed by atoms with van der Waals surface area (Å²) in [6.07, 6.45) is -1.25. The molecule has 3 heterocycles. The van der Waals surface area contributed by atoms with Gasteiger partial charge in [-0.05, 0) is 63.8 Å². The highest BCUT2D eigenvalue weighted by Crippen LogP contribution is 2.31. The first-order valence-corrected chi connectivity index (χ1v) is 13.5. The van der Waals surface area contributed by atoms with Gasteiger partial charge in [0, 0.05) is 25.1 Å². The molecule has 1 aliphatic rings. The van der Waals surface area contributed by atoms with Crippen LogP contribution >= 0.6 is 0 Å². The minimum Gasteiger partial charge on any atom is -0.493 e. The lowest BCUT2D eigenvalue weighted by Gasteiger charge is -2.19. The molecule has 0 spiro atoms. The van der Waals surface area contributed by atoms with Gasteiger partial charge in [-0.1, -0.05) is 20.2 Å². The Bertz CT molecular complexity index is 1550. The summed E-state index contributed by atoms with van der Waals surface area (Å²) in [5.74, 6) is 0.358. The van der Waals surface area contributed by atoms with Crippen molar-refractivity contribution in [3.63, 3.8) is 0 Å². The Hall–Kier alpha value is -2.76. The van der Waals surface area contributed by atoms with Gasteiger partial charge in [0.2, 0.25) is 10.0 Å². The first-order valence-electron chi connectivity index (χ1n) is 14.1. The summed E-state index contributed by atoms with van der Waals surface area (Å²) in [5, 5.41) is 4.30. The maximum absolute atomic E-state index is 13.3. The van der Waals surface area contributed by atoms with Crippen molar-refractivity contribution in [1.82, 2.24) is 29.4 Å². The van der Waals surface area contributed by atoms with Crippen molar-refractivity contribution in [2.24, 2.45) is 7.05 Å². The fourth-order valence-corrected chi connectivity index (χ4v) is 5.33. The second-order valence-electron chi connectivity index (χ2n) is 8.89. The molecule has 0 bridgehead atoms. The summed E-state index contributed by atoms with van der Waals surface area (Å²) in [5.41, 5.74) is 0.401. The van der Waals surface area contributed by atoms with Gasteiger partial charge in [0.25, 0.3) is 5.56 Å². The third-order valence-corrected chi connectivity index (χ3v) is 7.60. The third kappa shape index (κ3) is 5.47. The predicted molar refractivity (Wildman–Crippen MR) is 140 cm³/mol. The molecule has 10 nitrogen and oxygen atoms in total. The average Bonchev–Trinajstić information content (AvgIpc) is 3.43. The number of aromatic nitrogens is 4. The second-order valence-corrected chi connectivity index (χ2v) is 10.7. The van der Waals surface area contributed by atoms with Gasteiger partial charge in [0.15, 0.2) is 5.52 Å². The molecule has 0 amide bonds. The van der Waals surface area contributed by atoms with E-state index in [0.29, 0.717) is 30.9 Å². The zero-order chi connectivity index (χ0) is 29.5. The van der Waals surface area contributed by atoms with Gasteiger partial charge in [0.05, 0.1) is 22.8 Å². The lowest BCUT2D eigenvalue weighted by atomic mass is 10.1. The molecule has 1 atom stereocenters. The molecule has 1 unspecified atom stereocenters. The third-order valence-electron chi connectivity index (χ3n) is 6.21. The monoisotopic (exact) mass is 520 g/mol. The molecule has 2 N–H and O–H groups in total. The molecule has 3 aromatic rings. The predicted octanol–water partition coefficient (Wildman–Crippen LogP) is 2.83. The summed E-state index contributed by atoms with van der Waals surface area (Å²) < 4.78 is 69.1. The Morgan fingerprint density at radius 3 is 2.81 bits per heavy atom. The zero-order valence-electron chi connectivity index (χ0n) is 25.1. The number of hydrogen-bond acceptors (Lipinski definition) is 7. The fourth-order valence-electron chi connectivity index (χ4n) is 4.37. The molecule has 36 heavy (non-hydrogen) atoms. The van der Waals surface area contributed by atoms with Crippen molar-refractivity contribution in [1.29, 1.82) is 0 Å². The highest BCUT2D eigenvalue weighted by Gasteiger charge is 2.23. The van der Waals surface area contributed by atoms with Gasteiger partial charge < -0.3 is 14.6 Å². The SMILES string of the molecule is [2H]C([2H])(C)Cc1nn(C)c2c(=O)[nH]c(-c3cc(S(=O)(=O)NCC([2H])([2H])C4CCCN4C)ccc3OCCC)nc12. The van der Waals surface area contributed by atoms with Crippen molar-refractivity contribution >= 4 is 21.1 Å². The van der Waals surface area contributed by atoms with Crippen LogP contribution < -0.4 is 15.0 Å². The van der Waals surface area contributed by atoms with Crippen LogP contribution in [0.3, 0.4) is 0 Å². The van der Waals surface area contributed by atoms with Crippen LogP contribution in [0.1, 0.15) is 57.0 Å². The van der Waals surface area contributed by atoms with E-state index < -0.39 is 34.9 Å². The van der Waals surface area contributed by atoms with Gasteiger partial charge in [-0.2, -0.15) is 5.10 Å². The number of ether oxygens (including phenoxy) is 1.